The van der Waals surface area contributed by atoms with Gasteiger partial charge in [0.2, 0.25) is 0 Å². The summed E-state index contributed by atoms with van der Waals surface area (Å²) in [6, 6.07) is 0. The molecule has 0 spiro atoms. The molecule has 0 fully saturated rings. The Morgan fingerprint density at radius 1 is 0.373 bits per heavy atom. The number of carbonyl (C=O) groups is 3. The van der Waals surface area contributed by atoms with Crippen molar-refractivity contribution >= 4 is 17.9 Å². The largest absolute Gasteiger partial charge is 0.462 e. The Morgan fingerprint density at radius 3 is 0.980 bits per heavy atom. The Balaban J connectivity index is 4.26. The minimum Gasteiger partial charge on any atom is -0.462 e. The zero-order valence-electron chi connectivity index (χ0n) is 34.1. The van der Waals surface area contributed by atoms with Gasteiger partial charge in [0.05, 0.1) is 0 Å². The third-order valence-electron chi connectivity index (χ3n) is 9.77. The molecule has 0 saturated carbocycles. The molecule has 0 bridgehead atoms. The van der Waals surface area contributed by atoms with Crippen molar-refractivity contribution in [3.8, 4) is 0 Å². The van der Waals surface area contributed by atoms with Crippen LogP contribution in [0.25, 0.3) is 0 Å². The van der Waals surface area contributed by atoms with Crippen molar-refractivity contribution in [2.75, 3.05) is 13.2 Å². The Morgan fingerprint density at radius 2 is 0.647 bits per heavy atom. The highest BCUT2D eigenvalue weighted by molar-refractivity contribution is 5.71. The lowest BCUT2D eigenvalue weighted by Crippen LogP contribution is -2.30. The lowest BCUT2D eigenvalue weighted by Gasteiger charge is -2.18. The van der Waals surface area contributed by atoms with Gasteiger partial charge in [-0.05, 0) is 44.9 Å². The fourth-order valence-corrected chi connectivity index (χ4v) is 6.38. The van der Waals surface area contributed by atoms with Crippen LogP contribution in [-0.2, 0) is 28.6 Å². The summed E-state index contributed by atoms with van der Waals surface area (Å²) in [6.07, 6.45) is 42.0. The van der Waals surface area contributed by atoms with E-state index in [4.69, 9.17) is 14.2 Å². The zero-order valence-corrected chi connectivity index (χ0v) is 34.1. The predicted molar refractivity (Wildman–Crippen MR) is 215 cm³/mol. The first kappa shape index (κ1) is 49.1. The van der Waals surface area contributed by atoms with Crippen LogP contribution in [0.4, 0.5) is 0 Å². The third kappa shape index (κ3) is 39.2. The highest BCUT2D eigenvalue weighted by atomic mass is 16.6. The van der Waals surface area contributed by atoms with Crippen molar-refractivity contribution < 1.29 is 28.6 Å². The molecule has 0 aromatic rings. The molecular formula is C45H84O6. The van der Waals surface area contributed by atoms with Gasteiger partial charge in [-0.3, -0.25) is 14.4 Å². The van der Waals surface area contributed by atoms with Crippen LogP contribution in [0.2, 0.25) is 0 Å². The Labute approximate surface area is 316 Å². The van der Waals surface area contributed by atoms with Crippen molar-refractivity contribution in [2.45, 2.75) is 245 Å². The maximum Gasteiger partial charge on any atom is 0.306 e. The molecule has 51 heavy (non-hydrogen) atoms. The van der Waals surface area contributed by atoms with Crippen molar-refractivity contribution in [1.82, 2.24) is 0 Å². The molecule has 0 aromatic heterocycles. The molecule has 0 aliphatic carbocycles. The van der Waals surface area contributed by atoms with Crippen LogP contribution in [0.1, 0.15) is 239 Å². The molecule has 0 radical (unpaired) electrons. The van der Waals surface area contributed by atoms with Crippen LogP contribution in [0.3, 0.4) is 0 Å². The molecule has 6 heteroatoms. The van der Waals surface area contributed by atoms with Gasteiger partial charge >= 0.3 is 17.9 Å². The van der Waals surface area contributed by atoms with E-state index in [1.54, 1.807) is 0 Å². The molecule has 300 valence electrons. The van der Waals surface area contributed by atoms with Crippen LogP contribution in [0.5, 0.6) is 0 Å². The second kappa shape index (κ2) is 40.9. The average Bonchev–Trinajstić information content (AvgIpc) is 3.12. The first-order chi connectivity index (χ1) is 25.0. The number of carbonyl (C=O) groups excluding carboxylic acids is 3. The summed E-state index contributed by atoms with van der Waals surface area (Å²) < 4.78 is 16.6. The molecule has 0 rings (SSSR count). The monoisotopic (exact) mass is 721 g/mol. The van der Waals surface area contributed by atoms with Gasteiger partial charge in [-0.25, -0.2) is 0 Å². The molecular weight excluding hydrogens is 636 g/mol. The Bertz CT molecular complexity index is 794. The van der Waals surface area contributed by atoms with Crippen LogP contribution in [-0.4, -0.2) is 37.2 Å². The van der Waals surface area contributed by atoms with Crippen LogP contribution < -0.4 is 0 Å². The van der Waals surface area contributed by atoms with E-state index < -0.39 is 6.10 Å². The summed E-state index contributed by atoms with van der Waals surface area (Å²) in [5.41, 5.74) is 0. The zero-order chi connectivity index (χ0) is 37.3. The molecule has 0 aromatic carbocycles. The number of hydrogen-bond acceptors (Lipinski definition) is 6. The Kier molecular flexibility index (Phi) is 39.4. The standard InChI is InChI=1S/C45H84O6/c1-4-7-10-13-16-18-20-21-22-23-24-25-27-29-32-35-38-44(47)50-41-42(40-49-43(46)37-34-31-28-15-12-9-6-3)51-45(48)39-36-33-30-26-19-17-14-11-8-5-2/h22-23,42H,4-21,24-41H2,1-3H3/b23-22-. The van der Waals surface area contributed by atoms with Gasteiger partial charge in [0.1, 0.15) is 13.2 Å². The second-order valence-electron chi connectivity index (χ2n) is 15.0. The molecule has 0 saturated heterocycles. The van der Waals surface area contributed by atoms with E-state index in [-0.39, 0.29) is 31.1 Å². The first-order valence-corrected chi connectivity index (χ1v) is 22.2. The maximum atomic E-state index is 12.6. The highest BCUT2D eigenvalue weighted by Gasteiger charge is 2.19. The van der Waals surface area contributed by atoms with Crippen molar-refractivity contribution in [1.29, 1.82) is 0 Å². The highest BCUT2D eigenvalue weighted by Crippen LogP contribution is 2.14. The fourth-order valence-electron chi connectivity index (χ4n) is 6.38. The van der Waals surface area contributed by atoms with Gasteiger partial charge in [-0.2, -0.15) is 0 Å². The lowest BCUT2D eigenvalue weighted by molar-refractivity contribution is -0.167. The second-order valence-corrected chi connectivity index (χ2v) is 15.0. The maximum absolute atomic E-state index is 12.6. The lowest BCUT2D eigenvalue weighted by atomic mass is 10.1. The van der Waals surface area contributed by atoms with E-state index in [0.29, 0.717) is 19.3 Å². The van der Waals surface area contributed by atoms with Gasteiger partial charge in [0.15, 0.2) is 6.10 Å². The van der Waals surface area contributed by atoms with E-state index in [1.165, 1.54) is 135 Å². The number of ether oxygens (including phenoxy) is 3. The molecule has 1 unspecified atom stereocenters. The van der Waals surface area contributed by atoms with Gasteiger partial charge in [-0.1, -0.05) is 187 Å². The van der Waals surface area contributed by atoms with Crippen LogP contribution in [0.15, 0.2) is 12.2 Å². The Hall–Kier alpha value is -1.85. The summed E-state index contributed by atoms with van der Waals surface area (Å²) in [7, 11) is 0. The molecule has 0 N–H and O–H groups in total. The van der Waals surface area contributed by atoms with Crippen LogP contribution in [0, 0.1) is 0 Å². The molecule has 1 atom stereocenters. The van der Waals surface area contributed by atoms with Gasteiger partial charge in [0, 0.05) is 19.3 Å². The summed E-state index contributed by atoms with van der Waals surface area (Å²) in [4.78, 5) is 37.5. The predicted octanol–water partition coefficient (Wildman–Crippen LogP) is 13.9. The average molecular weight is 721 g/mol. The van der Waals surface area contributed by atoms with Gasteiger partial charge in [-0.15, -0.1) is 0 Å². The van der Waals surface area contributed by atoms with E-state index in [1.807, 2.05) is 0 Å². The summed E-state index contributed by atoms with van der Waals surface area (Å²) in [6.45, 7) is 6.58. The van der Waals surface area contributed by atoms with E-state index in [9.17, 15) is 14.4 Å². The molecule has 0 amide bonds. The number of esters is 3. The summed E-state index contributed by atoms with van der Waals surface area (Å²) in [5.74, 6) is -0.880. The minimum absolute atomic E-state index is 0.0696. The summed E-state index contributed by atoms with van der Waals surface area (Å²) >= 11 is 0. The normalized spacial score (nSPS) is 12.0. The molecule has 0 aliphatic heterocycles. The fraction of sp³-hybridized carbons (Fsp3) is 0.889. The number of allylic oxidation sites excluding steroid dienone is 2. The minimum atomic E-state index is -0.763. The topological polar surface area (TPSA) is 78.9 Å². The van der Waals surface area contributed by atoms with Crippen LogP contribution >= 0.6 is 0 Å². The number of unbranched alkanes of at least 4 members (excludes halogenated alkanes) is 27. The SMILES string of the molecule is CCCCCCCCC/C=C\CCCCCCCC(=O)OCC(COC(=O)CCCCCCCCC)OC(=O)CCCCCCCCCCCC. The molecule has 0 heterocycles. The number of rotatable bonds is 40. The van der Waals surface area contributed by atoms with Crippen molar-refractivity contribution in [3.63, 3.8) is 0 Å². The molecule has 0 aliphatic rings. The smallest absolute Gasteiger partial charge is 0.306 e. The number of hydrogen-bond donors (Lipinski definition) is 0. The van der Waals surface area contributed by atoms with Gasteiger partial charge in [0.25, 0.3) is 0 Å². The first-order valence-electron chi connectivity index (χ1n) is 22.2. The quantitative estimate of drug-likeness (QED) is 0.0271. The van der Waals surface area contributed by atoms with Crippen molar-refractivity contribution in [2.24, 2.45) is 0 Å². The van der Waals surface area contributed by atoms with E-state index in [2.05, 4.69) is 32.9 Å². The molecule has 6 nitrogen and oxygen atoms in total. The van der Waals surface area contributed by atoms with E-state index >= 15 is 0 Å². The van der Waals surface area contributed by atoms with E-state index in [0.717, 1.165) is 64.2 Å². The summed E-state index contributed by atoms with van der Waals surface area (Å²) in [5, 5.41) is 0. The third-order valence-corrected chi connectivity index (χ3v) is 9.77. The van der Waals surface area contributed by atoms with Crippen molar-refractivity contribution in [3.05, 3.63) is 12.2 Å². The van der Waals surface area contributed by atoms with Gasteiger partial charge < -0.3 is 14.2 Å².